The van der Waals surface area contributed by atoms with Crippen LogP contribution in [0, 0.1) is 5.92 Å². The minimum absolute atomic E-state index is 0.628. The number of aryl methyl sites for hydroxylation is 2. The molecule has 2 aromatic rings. The maximum absolute atomic E-state index is 5.79. The van der Waals surface area contributed by atoms with E-state index in [1.165, 1.54) is 5.56 Å². The molecule has 5 heteroatoms. The van der Waals surface area contributed by atoms with Crippen molar-refractivity contribution in [1.82, 2.24) is 20.1 Å². The number of hydrogen-bond acceptors (Lipinski definition) is 4. The standard InChI is InChI=1S/C16H24N4O/c1-5-14-6-13(9-17-8-12(2)3)7-16(19-14)21-15-10-18-20(4)11-15/h6-7,10-12,17H,5,8-9H2,1-4H3. The highest BCUT2D eigenvalue weighted by molar-refractivity contribution is 5.28. The van der Waals surface area contributed by atoms with E-state index in [2.05, 4.69) is 42.2 Å². The van der Waals surface area contributed by atoms with E-state index in [-0.39, 0.29) is 0 Å². The van der Waals surface area contributed by atoms with Crippen molar-refractivity contribution in [2.45, 2.75) is 33.7 Å². The van der Waals surface area contributed by atoms with Crippen molar-refractivity contribution in [2.75, 3.05) is 6.54 Å². The molecule has 2 rings (SSSR count). The number of pyridine rings is 1. The largest absolute Gasteiger partial charge is 0.436 e. The summed E-state index contributed by atoms with van der Waals surface area (Å²) < 4.78 is 7.50. The van der Waals surface area contributed by atoms with Crippen molar-refractivity contribution in [3.05, 3.63) is 35.8 Å². The number of aromatic nitrogens is 3. The van der Waals surface area contributed by atoms with Crippen molar-refractivity contribution in [3.63, 3.8) is 0 Å². The lowest BCUT2D eigenvalue weighted by Gasteiger charge is -2.10. The van der Waals surface area contributed by atoms with Gasteiger partial charge in [0.05, 0.1) is 12.4 Å². The summed E-state index contributed by atoms with van der Waals surface area (Å²) in [5.74, 6) is 1.98. The van der Waals surface area contributed by atoms with Crippen LogP contribution in [0.3, 0.4) is 0 Å². The second-order valence-corrected chi connectivity index (χ2v) is 5.64. The summed E-state index contributed by atoms with van der Waals surface area (Å²) in [6, 6.07) is 4.11. The van der Waals surface area contributed by atoms with Crippen LogP contribution < -0.4 is 10.1 Å². The fourth-order valence-corrected chi connectivity index (χ4v) is 2.03. The normalized spacial score (nSPS) is 11.1. The van der Waals surface area contributed by atoms with Crippen LogP contribution in [-0.4, -0.2) is 21.3 Å². The summed E-state index contributed by atoms with van der Waals surface area (Å²) in [4.78, 5) is 4.51. The predicted octanol–water partition coefficient (Wildman–Crippen LogP) is 2.92. The fourth-order valence-electron chi connectivity index (χ4n) is 2.03. The molecule has 1 N–H and O–H groups in total. The van der Waals surface area contributed by atoms with E-state index in [9.17, 15) is 0 Å². The average molecular weight is 288 g/mol. The Hall–Kier alpha value is -1.88. The van der Waals surface area contributed by atoms with Crippen molar-refractivity contribution < 1.29 is 4.74 Å². The third-order valence-electron chi connectivity index (χ3n) is 3.06. The van der Waals surface area contributed by atoms with Gasteiger partial charge in [0.2, 0.25) is 5.88 Å². The first-order valence-corrected chi connectivity index (χ1v) is 7.44. The average Bonchev–Trinajstić information content (AvgIpc) is 2.83. The zero-order valence-corrected chi connectivity index (χ0v) is 13.3. The molecule has 0 atom stereocenters. The molecule has 0 fully saturated rings. The molecular weight excluding hydrogens is 264 g/mol. The van der Waals surface area contributed by atoms with E-state index in [4.69, 9.17) is 4.74 Å². The molecule has 0 bridgehead atoms. The first kappa shape index (κ1) is 15.5. The van der Waals surface area contributed by atoms with Gasteiger partial charge in [0.15, 0.2) is 5.75 Å². The van der Waals surface area contributed by atoms with Crippen LogP contribution >= 0.6 is 0 Å². The minimum atomic E-state index is 0.628. The minimum Gasteiger partial charge on any atom is -0.436 e. The molecule has 5 nitrogen and oxygen atoms in total. The molecule has 2 heterocycles. The zero-order valence-electron chi connectivity index (χ0n) is 13.3. The van der Waals surface area contributed by atoms with Gasteiger partial charge in [-0.1, -0.05) is 20.8 Å². The van der Waals surface area contributed by atoms with Gasteiger partial charge >= 0.3 is 0 Å². The van der Waals surface area contributed by atoms with Crippen molar-refractivity contribution >= 4 is 0 Å². The van der Waals surface area contributed by atoms with E-state index in [0.717, 1.165) is 25.2 Å². The summed E-state index contributed by atoms with van der Waals surface area (Å²) in [5.41, 5.74) is 2.24. The molecule has 0 aromatic carbocycles. The van der Waals surface area contributed by atoms with Gasteiger partial charge in [-0.2, -0.15) is 5.10 Å². The van der Waals surface area contributed by atoms with Gasteiger partial charge in [0, 0.05) is 25.4 Å². The van der Waals surface area contributed by atoms with E-state index < -0.39 is 0 Å². The van der Waals surface area contributed by atoms with Crippen molar-refractivity contribution in [1.29, 1.82) is 0 Å². The number of nitrogens with zero attached hydrogens (tertiary/aromatic N) is 3. The Bertz CT molecular complexity index is 577. The van der Waals surface area contributed by atoms with Gasteiger partial charge in [0.1, 0.15) is 0 Å². The molecule has 2 aromatic heterocycles. The smallest absolute Gasteiger partial charge is 0.219 e. The van der Waals surface area contributed by atoms with E-state index in [1.54, 1.807) is 10.9 Å². The zero-order chi connectivity index (χ0) is 15.2. The van der Waals surface area contributed by atoms with Crippen LogP contribution in [0.2, 0.25) is 0 Å². The summed E-state index contributed by atoms with van der Waals surface area (Å²) in [6.07, 6.45) is 4.41. The highest BCUT2D eigenvalue weighted by Gasteiger charge is 2.06. The summed E-state index contributed by atoms with van der Waals surface area (Å²) >= 11 is 0. The summed E-state index contributed by atoms with van der Waals surface area (Å²) in [5, 5.41) is 7.55. The van der Waals surface area contributed by atoms with E-state index >= 15 is 0 Å². The van der Waals surface area contributed by atoms with Crippen LogP contribution in [0.5, 0.6) is 11.6 Å². The highest BCUT2D eigenvalue weighted by Crippen LogP contribution is 2.20. The predicted molar refractivity (Wildman–Crippen MR) is 83.4 cm³/mol. The van der Waals surface area contributed by atoms with E-state index in [0.29, 0.717) is 17.5 Å². The van der Waals surface area contributed by atoms with Crippen LogP contribution in [0.1, 0.15) is 32.0 Å². The second kappa shape index (κ2) is 7.22. The van der Waals surface area contributed by atoms with Crippen LogP contribution in [0.15, 0.2) is 24.5 Å². The maximum Gasteiger partial charge on any atom is 0.219 e. The van der Waals surface area contributed by atoms with Crippen LogP contribution in [0.25, 0.3) is 0 Å². The fraction of sp³-hybridized carbons (Fsp3) is 0.500. The lowest BCUT2D eigenvalue weighted by atomic mass is 10.2. The van der Waals surface area contributed by atoms with E-state index in [1.807, 2.05) is 19.3 Å². The Morgan fingerprint density at radius 1 is 1.33 bits per heavy atom. The van der Waals surface area contributed by atoms with Crippen molar-refractivity contribution in [3.8, 4) is 11.6 Å². The molecule has 0 aliphatic heterocycles. The van der Waals surface area contributed by atoms with Crippen LogP contribution in [-0.2, 0) is 20.0 Å². The first-order valence-electron chi connectivity index (χ1n) is 7.44. The van der Waals surface area contributed by atoms with Gasteiger partial charge in [-0.05, 0) is 30.5 Å². The Morgan fingerprint density at radius 3 is 2.76 bits per heavy atom. The summed E-state index contributed by atoms with van der Waals surface area (Å²) in [7, 11) is 1.87. The number of ether oxygens (including phenoxy) is 1. The Balaban J connectivity index is 2.09. The molecule has 0 aliphatic rings. The first-order chi connectivity index (χ1) is 10.1. The number of nitrogens with one attached hydrogen (secondary N) is 1. The molecule has 0 unspecified atom stereocenters. The van der Waals surface area contributed by atoms with Crippen LogP contribution in [0.4, 0.5) is 0 Å². The quantitative estimate of drug-likeness (QED) is 0.851. The topological polar surface area (TPSA) is 52.0 Å². The second-order valence-electron chi connectivity index (χ2n) is 5.64. The van der Waals surface area contributed by atoms with Gasteiger partial charge in [-0.3, -0.25) is 4.68 Å². The Morgan fingerprint density at radius 2 is 2.14 bits per heavy atom. The van der Waals surface area contributed by atoms with Gasteiger partial charge in [-0.25, -0.2) is 4.98 Å². The highest BCUT2D eigenvalue weighted by atomic mass is 16.5. The molecule has 0 aliphatic carbocycles. The van der Waals surface area contributed by atoms with Crippen molar-refractivity contribution in [2.24, 2.45) is 13.0 Å². The molecule has 0 radical (unpaired) electrons. The SMILES string of the molecule is CCc1cc(CNCC(C)C)cc(Oc2cnn(C)c2)n1. The number of hydrogen-bond donors (Lipinski definition) is 1. The molecule has 0 amide bonds. The lowest BCUT2D eigenvalue weighted by Crippen LogP contribution is -2.19. The van der Waals surface area contributed by atoms with Gasteiger partial charge in [0.25, 0.3) is 0 Å². The Kier molecular flexibility index (Phi) is 5.33. The molecule has 114 valence electrons. The number of rotatable bonds is 7. The van der Waals surface area contributed by atoms with Gasteiger partial charge in [-0.15, -0.1) is 0 Å². The lowest BCUT2D eigenvalue weighted by molar-refractivity contribution is 0.458. The summed E-state index contributed by atoms with van der Waals surface area (Å²) in [6.45, 7) is 8.34. The third kappa shape index (κ3) is 4.86. The Labute approximate surface area is 126 Å². The monoisotopic (exact) mass is 288 g/mol. The third-order valence-corrected chi connectivity index (χ3v) is 3.06. The molecule has 0 saturated heterocycles. The maximum atomic E-state index is 5.79. The molecular formula is C16H24N4O. The molecule has 0 spiro atoms. The van der Waals surface area contributed by atoms with Gasteiger partial charge < -0.3 is 10.1 Å². The molecule has 21 heavy (non-hydrogen) atoms. The molecule has 0 saturated carbocycles.